The molecule has 4 aromatic carbocycles. The second kappa shape index (κ2) is 11.6. The van der Waals surface area contributed by atoms with Crippen LogP contribution in [0, 0.1) is 6.92 Å². The van der Waals surface area contributed by atoms with E-state index in [1.54, 1.807) is 41.2 Å². The lowest BCUT2D eigenvalue weighted by Crippen LogP contribution is -2.18. The lowest BCUT2D eigenvalue weighted by atomic mass is 10.1. The number of aromatic nitrogens is 2. The van der Waals surface area contributed by atoms with Crippen LogP contribution in [0.5, 0.6) is 5.75 Å². The number of hydrogen-bond donors (Lipinski definition) is 1. The Bertz CT molecular complexity index is 1560. The van der Waals surface area contributed by atoms with Gasteiger partial charge in [-0.3, -0.25) is 4.79 Å². The summed E-state index contributed by atoms with van der Waals surface area (Å²) in [6.45, 7) is 2.35. The molecule has 1 heterocycles. The summed E-state index contributed by atoms with van der Waals surface area (Å²) in [5.41, 5.74) is 8.54. The molecule has 0 radical (unpaired) electrons. The molecule has 1 N–H and O–H groups in total. The fourth-order valence-electron chi connectivity index (χ4n) is 3.87. The number of hydrazone groups is 1. The van der Waals surface area contributed by atoms with Gasteiger partial charge >= 0.3 is 0 Å². The van der Waals surface area contributed by atoms with Gasteiger partial charge in [0.15, 0.2) is 0 Å². The van der Waals surface area contributed by atoms with Crippen LogP contribution in [0.3, 0.4) is 0 Å². The molecule has 5 rings (SSSR count). The van der Waals surface area contributed by atoms with Gasteiger partial charge in [0.2, 0.25) is 0 Å². The summed E-state index contributed by atoms with van der Waals surface area (Å²) >= 11 is 5.96. The largest absolute Gasteiger partial charge is 0.488 e. The summed E-state index contributed by atoms with van der Waals surface area (Å²) in [5, 5.41) is 9.70. The summed E-state index contributed by atoms with van der Waals surface area (Å²) in [4.78, 5) is 13.0. The predicted molar refractivity (Wildman–Crippen MR) is 151 cm³/mol. The second-order valence-electron chi connectivity index (χ2n) is 8.69. The lowest BCUT2D eigenvalue weighted by molar-refractivity contribution is 0.0950. The van der Waals surface area contributed by atoms with Crippen LogP contribution >= 0.6 is 11.6 Å². The Kier molecular flexibility index (Phi) is 7.62. The van der Waals surface area contributed by atoms with E-state index in [-0.39, 0.29) is 5.91 Å². The van der Waals surface area contributed by atoms with Gasteiger partial charge in [-0.2, -0.15) is 10.2 Å². The van der Waals surface area contributed by atoms with Crippen LogP contribution in [0.4, 0.5) is 0 Å². The third kappa shape index (κ3) is 5.99. The molecule has 0 atom stereocenters. The first kappa shape index (κ1) is 25.0. The molecule has 0 aliphatic heterocycles. The number of carbonyl (C=O) groups excluding carboxylic acids is 1. The zero-order valence-corrected chi connectivity index (χ0v) is 21.5. The highest BCUT2D eigenvalue weighted by molar-refractivity contribution is 6.30. The summed E-state index contributed by atoms with van der Waals surface area (Å²) in [5.74, 6) is 0.0904. The van der Waals surface area contributed by atoms with Crippen molar-refractivity contribution in [3.05, 3.63) is 137 Å². The summed E-state index contributed by atoms with van der Waals surface area (Å²) in [7, 11) is 0. The maximum atomic E-state index is 13.0. The molecule has 0 unspecified atom stereocenters. The van der Waals surface area contributed by atoms with Crippen LogP contribution < -0.4 is 10.2 Å². The molecule has 188 valence electrons. The normalized spacial score (nSPS) is 11.0. The first-order valence-corrected chi connectivity index (χ1v) is 12.5. The molecule has 0 spiro atoms. The number of rotatable bonds is 8. The highest BCUT2D eigenvalue weighted by atomic mass is 35.5. The first-order chi connectivity index (χ1) is 18.6. The second-order valence-corrected chi connectivity index (χ2v) is 9.13. The van der Waals surface area contributed by atoms with Crippen molar-refractivity contribution in [1.82, 2.24) is 15.2 Å². The molecule has 0 saturated heterocycles. The summed E-state index contributed by atoms with van der Waals surface area (Å²) in [6, 6.07) is 32.4. The molecule has 0 bridgehead atoms. The van der Waals surface area contributed by atoms with Crippen LogP contribution in [-0.4, -0.2) is 21.9 Å². The smallest absolute Gasteiger partial charge is 0.275 e. The van der Waals surface area contributed by atoms with Crippen molar-refractivity contribution in [1.29, 1.82) is 0 Å². The van der Waals surface area contributed by atoms with Crippen molar-refractivity contribution in [2.75, 3.05) is 0 Å². The van der Waals surface area contributed by atoms with Crippen molar-refractivity contribution in [3.8, 4) is 22.7 Å². The number of nitrogens with zero attached hydrogens (tertiary/aromatic N) is 3. The number of carbonyl (C=O) groups is 1. The quantitative estimate of drug-likeness (QED) is 0.180. The molecule has 38 heavy (non-hydrogen) atoms. The van der Waals surface area contributed by atoms with E-state index in [4.69, 9.17) is 21.4 Å². The number of para-hydroxylation sites is 2. The molecule has 1 aromatic heterocycles. The monoisotopic (exact) mass is 520 g/mol. The van der Waals surface area contributed by atoms with Gasteiger partial charge in [0, 0.05) is 22.3 Å². The maximum Gasteiger partial charge on any atom is 0.275 e. The molecule has 0 saturated carbocycles. The molecule has 0 fully saturated rings. The van der Waals surface area contributed by atoms with Crippen LogP contribution in [0.2, 0.25) is 5.02 Å². The van der Waals surface area contributed by atoms with Gasteiger partial charge in [-0.25, -0.2) is 10.1 Å². The molecule has 6 nitrogen and oxygen atoms in total. The van der Waals surface area contributed by atoms with Gasteiger partial charge < -0.3 is 4.74 Å². The molecular weight excluding hydrogens is 496 g/mol. The highest BCUT2D eigenvalue weighted by Gasteiger charge is 2.14. The molecule has 5 aromatic rings. The number of amides is 1. The average molecular weight is 521 g/mol. The van der Waals surface area contributed by atoms with E-state index in [2.05, 4.69) is 10.5 Å². The van der Waals surface area contributed by atoms with Crippen LogP contribution in [0.25, 0.3) is 16.9 Å². The van der Waals surface area contributed by atoms with Crippen molar-refractivity contribution in [3.63, 3.8) is 0 Å². The maximum absolute atomic E-state index is 13.0. The first-order valence-electron chi connectivity index (χ1n) is 12.1. The van der Waals surface area contributed by atoms with E-state index in [9.17, 15) is 4.79 Å². The SMILES string of the molecule is Cc1ccc(-c2nn(-c3ccccc3)cc2/C=N/NC(=O)c2ccccc2OCc2ccc(Cl)cc2)cc1. The summed E-state index contributed by atoms with van der Waals surface area (Å²) < 4.78 is 7.72. The minimum atomic E-state index is -0.375. The minimum Gasteiger partial charge on any atom is -0.488 e. The fraction of sp³-hybridized carbons (Fsp3) is 0.0645. The Hall–Kier alpha value is -4.68. The van der Waals surface area contributed by atoms with E-state index in [0.29, 0.717) is 22.9 Å². The van der Waals surface area contributed by atoms with Crippen LogP contribution in [0.1, 0.15) is 27.0 Å². The van der Waals surface area contributed by atoms with Gasteiger partial charge in [-0.05, 0) is 48.9 Å². The zero-order chi connectivity index (χ0) is 26.3. The number of benzene rings is 4. The zero-order valence-electron chi connectivity index (χ0n) is 20.7. The van der Waals surface area contributed by atoms with Gasteiger partial charge in [-0.1, -0.05) is 83.9 Å². The Morgan fingerprint density at radius 1 is 0.947 bits per heavy atom. The Morgan fingerprint density at radius 2 is 1.66 bits per heavy atom. The molecule has 0 aliphatic carbocycles. The standard InChI is InChI=1S/C31H25ClN4O2/c1-22-11-15-24(16-12-22)30-25(20-36(35-30)27-7-3-2-4-8-27)19-33-34-31(37)28-9-5-6-10-29(28)38-21-23-13-17-26(32)18-14-23/h2-20H,21H2,1H3,(H,34,37)/b33-19+. The fourth-order valence-corrected chi connectivity index (χ4v) is 4.00. The van der Waals surface area contributed by atoms with E-state index < -0.39 is 0 Å². The highest BCUT2D eigenvalue weighted by Crippen LogP contribution is 2.24. The molecule has 1 amide bonds. The molecule has 0 aliphatic rings. The number of ether oxygens (including phenoxy) is 1. The summed E-state index contributed by atoms with van der Waals surface area (Å²) in [6.07, 6.45) is 3.50. The number of aryl methyl sites for hydroxylation is 1. The van der Waals surface area contributed by atoms with Crippen LogP contribution in [-0.2, 0) is 6.61 Å². The van der Waals surface area contributed by atoms with Gasteiger partial charge in [0.25, 0.3) is 5.91 Å². The van der Waals surface area contributed by atoms with E-state index in [0.717, 1.165) is 33.6 Å². The third-order valence-corrected chi connectivity index (χ3v) is 6.15. The average Bonchev–Trinajstić information content (AvgIpc) is 3.38. The van der Waals surface area contributed by atoms with Crippen molar-refractivity contribution in [2.24, 2.45) is 5.10 Å². The predicted octanol–water partition coefficient (Wildman–Crippen LogP) is 6.84. The molecular formula is C31H25ClN4O2. The third-order valence-electron chi connectivity index (χ3n) is 5.90. The van der Waals surface area contributed by atoms with E-state index in [1.165, 1.54) is 0 Å². The minimum absolute atomic E-state index is 0.309. The van der Waals surface area contributed by atoms with Crippen molar-refractivity contribution >= 4 is 23.7 Å². The van der Waals surface area contributed by atoms with E-state index >= 15 is 0 Å². The van der Waals surface area contributed by atoms with Crippen molar-refractivity contribution < 1.29 is 9.53 Å². The number of hydrogen-bond acceptors (Lipinski definition) is 4. The Morgan fingerprint density at radius 3 is 2.42 bits per heavy atom. The Balaban J connectivity index is 1.35. The Labute approximate surface area is 226 Å². The topological polar surface area (TPSA) is 68.5 Å². The van der Waals surface area contributed by atoms with Gasteiger partial charge in [-0.15, -0.1) is 0 Å². The van der Waals surface area contributed by atoms with Gasteiger partial charge in [0.05, 0.1) is 17.5 Å². The lowest BCUT2D eigenvalue weighted by Gasteiger charge is -2.10. The number of nitrogens with one attached hydrogen (secondary N) is 1. The number of halogens is 1. The molecule has 7 heteroatoms. The van der Waals surface area contributed by atoms with Crippen LogP contribution in [0.15, 0.2) is 114 Å². The van der Waals surface area contributed by atoms with Gasteiger partial charge in [0.1, 0.15) is 18.1 Å². The van der Waals surface area contributed by atoms with E-state index in [1.807, 2.05) is 85.9 Å². The van der Waals surface area contributed by atoms with Crippen molar-refractivity contribution in [2.45, 2.75) is 13.5 Å².